The molecule has 0 aromatic heterocycles. The molecule has 0 fully saturated rings. The number of aryl methyl sites for hydroxylation is 1. The lowest BCUT2D eigenvalue weighted by Crippen LogP contribution is -2.35. The molecular weight excluding hydrogens is 236 g/mol. The maximum Gasteiger partial charge on any atom is 0.257 e. The van der Waals surface area contributed by atoms with E-state index in [9.17, 15) is 13.6 Å². The smallest absolute Gasteiger partial charge is 0.257 e. The molecule has 1 atom stereocenters. The Kier molecular flexibility index (Phi) is 4.85. The molecule has 0 radical (unpaired) electrons. The second kappa shape index (κ2) is 6.15. The SMILES string of the molecule is C#CCC(CC)NC(=O)c1c(F)ccc(C)c1F. The Bertz CT molecular complexity index is 491. The van der Waals surface area contributed by atoms with E-state index in [1.165, 1.54) is 13.0 Å². The van der Waals surface area contributed by atoms with E-state index < -0.39 is 23.1 Å². The van der Waals surface area contributed by atoms with Crippen molar-refractivity contribution in [1.29, 1.82) is 0 Å². The Hall–Kier alpha value is -1.89. The number of benzene rings is 1. The monoisotopic (exact) mass is 251 g/mol. The van der Waals surface area contributed by atoms with E-state index in [2.05, 4.69) is 11.2 Å². The quantitative estimate of drug-likeness (QED) is 0.819. The molecule has 96 valence electrons. The van der Waals surface area contributed by atoms with Gasteiger partial charge in [-0.2, -0.15) is 0 Å². The minimum Gasteiger partial charge on any atom is -0.348 e. The Morgan fingerprint density at radius 1 is 1.50 bits per heavy atom. The van der Waals surface area contributed by atoms with Gasteiger partial charge in [-0.15, -0.1) is 12.3 Å². The Morgan fingerprint density at radius 3 is 2.72 bits per heavy atom. The molecule has 4 heteroatoms. The molecule has 1 aromatic carbocycles. The second-order valence-electron chi connectivity index (χ2n) is 4.04. The first-order chi connectivity index (χ1) is 8.51. The van der Waals surface area contributed by atoms with Crippen molar-refractivity contribution in [2.45, 2.75) is 32.7 Å². The van der Waals surface area contributed by atoms with Crippen molar-refractivity contribution in [2.75, 3.05) is 0 Å². The molecule has 0 heterocycles. The van der Waals surface area contributed by atoms with Crippen molar-refractivity contribution >= 4 is 5.91 Å². The molecule has 0 saturated carbocycles. The highest BCUT2D eigenvalue weighted by atomic mass is 19.1. The van der Waals surface area contributed by atoms with Gasteiger partial charge in [0.1, 0.15) is 17.2 Å². The van der Waals surface area contributed by atoms with Crippen LogP contribution in [0, 0.1) is 30.9 Å². The van der Waals surface area contributed by atoms with Gasteiger partial charge >= 0.3 is 0 Å². The van der Waals surface area contributed by atoms with Gasteiger partial charge < -0.3 is 5.32 Å². The average molecular weight is 251 g/mol. The molecule has 1 aromatic rings. The molecule has 0 spiro atoms. The number of carbonyl (C=O) groups is 1. The summed E-state index contributed by atoms with van der Waals surface area (Å²) >= 11 is 0. The van der Waals surface area contributed by atoms with Crippen LogP contribution in [0.5, 0.6) is 0 Å². The van der Waals surface area contributed by atoms with Crippen LogP contribution >= 0.6 is 0 Å². The van der Waals surface area contributed by atoms with Crippen molar-refractivity contribution in [3.8, 4) is 12.3 Å². The third-order valence-electron chi connectivity index (χ3n) is 2.70. The molecule has 0 aliphatic heterocycles. The van der Waals surface area contributed by atoms with Crippen LogP contribution in [0.25, 0.3) is 0 Å². The maximum absolute atomic E-state index is 13.7. The van der Waals surface area contributed by atoms with E-state index in [-0.39, 0.29) is 11.6 Å². The van der Waals surface area contributed by atoms with Gasteiger partial charge in [0.05, 0.1) is 0 Å². The number of hydrogen-bond acceptors (Lipinski definition) is 1. The topological polar surface area (TPSA) is 29.1 Å². The summed E-state index contributed by atoms with van der Waals surface area (Å²) in [6.45, 7) is 3.32. The van der Waals surface area contributed by atoms with Crippen LogP contribution in [0.3, 0.4) is 0 Å². The minimum atomic E-state index is -0.869. The van der Waals surface area contributed by atoms with Crippen LogP contribution in [0.1, 0.15) is 35.7 Å². The molecule has 2 nitrogen and oxygen atoms in total. The summed E-state index contributed by atoms with van der Waals surface area (Å²) in [6.07, 6.45) is 6.09. The number of amides is 1. The zero-order valence-corrected chi connectivity index (χ0v) is 10.4. The van der Waals surface area contributed by atoms with Crippen molar-refractivity contribution in [3.05, 3.63) is 34.9 Å². The summed E-state index contributed by atoms with van der Waals surface area (Å²) in [5, 5.41) is 2.53. The first kappa shape index (κ1) is 14.2. The third kappa shape index (κ3) is 3.07. The van der Waals surface area contributed by atoms with Gasteiger partial charge in [-0.25, -0.2) is 8.78 Å². The molecule has 18 heavy (non-hydrogen) atoms. The van der Waals surface area contributed by atoms with E-state index in [0.717, 1.165) is 6.07 Å². The molecule has 0 aliphatic rings. The fourth-order valence-electron chi connectivity index (χ4n) is 1.56. The maximum atomic E-state index is 13.7. The molecule has 0 saturated heterocycles. The van der Waals surface area contributed by atoms with Gasteiger partial charge in [-0.3, -0.25) is 4.79 Å². The summed E-state index contributed by atoms with van der Waals surface area (Å²) in [6, 6.07) is 2.09. The first-order valence-electron chi connectivity index (χ1n) is 5.70. The molecule has 1 N–H and O–H groups in total. The van der Waals surface area contributed by atoms with Gasteiger partial charge in [0, 0.05) is 12.5 Å². The van der Waals surface area contributed by atoms with E-state index in [0.29, 0.717) is 12.8 Å². The highest BCUT2D eigenvalue weighted by molar-refractivity contribution is 5.95. The molecule has 0 bridgehead atoms. The van der Waals surface area contributed by atoms with Gasteiger partial charge in [0.15, 0.2) is 0 Å². The molecule has 0 aliphatic carbocycles. The third-order valence-corrected chi connectivity index (χ3v) is 2.70. The number of terminal acetylenes is 1. The largest absolute Gasteiger partial charge is 0.348 e. The van der Waals surface area contributed by atoms with Crippen LogP contribution in [0.2, 0.25) is 0 Å². The lowest BCUT2D eigenvalue weighted by molar-refractivity contribution is 0.0928. The zero-order valence-electron chi connectivity index (χ0n) is 10.4. The van der Waals surface area contributed by atoms with Crippen LogP contribution in [-0.4, -0.2) is 11.9 Å². The van der Waals surface area contributed by atoms with Crippen molar-refractivity contribution in [1.82, 2.24) is 5.32 Å². The van der Waals surface area contributed by atoms with Crippen LogP contribution in [0.4, 0.5) is 8.78 Å². The summed E-state index contributed by atoms with van der Waals surface area (Å²) in [5.74, 6) is -0.0536. The van der Waals surface area contributed by atoms with Crippen LogP contribution < -0.4 is 5.32 Å². The fraction of sp³-hybridized carbons (Fsp3) is 0.357. The molecule has 1 unspecified atom stereocenters. The predicted molar refractivity (Wildman–Crippen MR) is 66.1 cm³/mol. The normalized spacial score (nSPS) is 11.7. The highest BCUT2D eigenvalue weighted by Gasteiger charge is 2.20. The van der Waals surface area contributed by atoms with Crippen LogP contribution in [0.15, 0.2) is 12.1 Å². The number of carbonyl (C=O) groups excluding carboxylic acids is 1. The zero-order chi connectivity index (χ0) is 13.7. The van der Waals surface area contributed by atoms with E-state index in [1.54, 1.807) is 0 Å². The van der Waals surface area contributed by atoms with Crippen LogP contribution in [-0.2, 0) is 0 Å². The summed E-state index contributed by atoms with van der Waals surface area (Å²) < 4.78 is 27.2. The first-order valence-corrected chi connectivity index (χ1v) is 5.70. The van der Waals surface area contributed by atoms with Gasteiger partial charge in [0.2, 0.25) is 0 Å². The van der Waals surface area contributed by atoms with E-state index in [4.69, 9.17) is 6.42 Å². The lowest BCUT2D eigenvalue weighted by Gasteiger charge is -2.15. The standard InChI is InChI=1S/C14H15F2NO/c1-4-6-10(5-2)17-14(18)12-11(15)8-7-9(3)13(12)16/h1,7-8,10H,5-6H2,2-3H3,(H,17,18). The van der Waals surface area contributed by atoms with Crippen molar-refractivity contribution in [2.24, 2.45) is 0 Å². The van der Waals surface area contributed by atoms with Crippen molar-refractivity contribution < 1.29 is 13.6 Å². The Morgan fingerprint density at radius 2 is 2.17 bits per heavy atom. The van der Waals surface area contributed by atoms with E-state index >= 15 is 0 Å². The predicted octanol–water partition coefficient (Wildman–Crippen LogP) is 2.80. The highest BCUT2D eigenvalue weighted by Crippen LogP contribution is 2.16. The fourth-order valence-corrected chi connectivity index (χ4v) is 1.56. The summed E-state index contributed by atoms with van der Waals surface area (Å²) in [5.41, 5.74) is -0.322. The molecule has 1 rings (SSSR count). The Balaban J connectivity index is 2.98. The number of hydrogen-bond donors (Lipinski definition) is 1. The average Bonchev–Trinajstić information content (AvgIpc) is 2.34. The summed E-state index contributed by atoms with van der Waals surface area (Å²) in [4.78, 5) is 11.8. The minimum absolute atomic E-state index is 0.228. The van der Waals surface area contributed by atoms with E-state index in [1.807, 2.05) is 6.92 Å². The lowest BCUT2D eigenvalue weighted by atomic mass is 10.1. The second-order valence-corrected chi connectivity index (χ2v) is 4.04. The van der Waals surface area contributed by atoms with Crippen molar-refractivity contribution in [3.63, 3.8) is 0 Å². The molecule has 1 amide bonds. The van der Waals surface area contributed by atoms with Gasteiger partial charge in [-0.05, 0) is 25.0 Å². The molecular formula is C14H15F2NO. The Labute approximate surface area is 105 Å². The van der Waals surface area contributed by atoms with Gasteiger partial charge in [-0.1, -0.05) is 13.0 Å². The number of rotatable bonds is 4. The number of nitrogens with one attached hydrogen (secondary N) is 1. The summed E-state index contributed by atoms with van der Waals surface area (Å²) in [7, 11) is 0. The van der Waals surface area contributed by atoms with Gasteiger partial charge in [0.25, 0.3) is 5.91 Å². The number of halogens is 2.